The largest absolute Gasteiger partial charge is 0.490 e. The van der Waals surface area contributed by atoms with Crippen molar-refractivity contribution < 1.29 is 58.8 Å². The molecule has 2 aromatic rings. The molecule has 3 aliphatic rings. The highest BCUT2D eigenvalue weighted by atomic mass is 16.7. The van der Waals surface area contributed by atoms with E-state index < -0.39 is 72.7 Å². The molecule has 2 fully saturated rings. The van der Waals surface area contributed by atoms with Gasteiger partial charge in [-0.15, -0.1) is 0 Å². The molecule has 230 valence electrons. The highest BCUT2D eigenvalue weighted by Gasteiger charge is 2.77. The van der Waals surface area contributed by atoms with E-state index in [0.29, 0.717) is 16.5 Å². The van der Waals surface area contributed by atoms with Crippen LogP contribution < -0.4 is 9.47 Å². The second-order valence-electron chi connectivity index (χ2n) is 11.1. The van der Waals surface area contributed by atoms with Gasteiger partial charge in [0.2, 0.25) is 12.0 Å². The maximum absolute atomic E-state index is 12.7. The number of ether oxygens (including phenoxy) is 4. The van der Waals surface area contributed by atoms with Crippen LogP contribution in [0.25, 0.3) is 11.0 Å². The van der Waals surface area contributed by atoms with Crippen molar-refractivity contribution in [2.24, 2.45) is 17.3 Å². The zero-order chi connectivity index (χ0) is 30.3. The van der Waals surface area contributed by atoms with Gasteiger partial charge in [-0.2, -0.15) is 0 Å². The van der Waals surface area contributed by atoms with Gasteiger partial charge in [-0.1, -0.05) is 24.3 Å². The molecule has 0 spiro atoms. The minimum absolute atomic E-state index is 0.00914. The van der Waals surface area contributed by atoms with Crippen LogP contribution in [0.3, 0.4) is 0 Å². The second kappa shape index (κ2) is 11.6. The molecule has 0 amide bonds. The Balaban J connectivity index is 1.68. The number of hydrogen-bond donors (Lipinski definition) is 6. The fourth-order valence-corrected chi connectivity index (χ4v) is 7.10. The summed E-state index contributed by atoms with van der Waals surface area (Å²) in [5.74, 6) is -1.99. The summed E-state index contributed by atoms with van der Waals surface area (Å²) in [4.78, 5) is 12.3. The van der Waals surface area contributed by atoms with Crippen molar-refractivity contribution in [3.63, 3.8) is 0 Å². The van der Waals surface area contributed by atoms with Crippen molar-refractivity contribution in [1.82, 2.24) is 0 Å². The lowest BCUT2D eigenvalue weighted by Crippen LogP contribution is -2.84. The molecule has 1 aliphatic heterocycles. The second-order valence-corrected chi connectivity index (χ2v) is 11.1. The SMILES string of the molecule is CCOC(=O)CCc1cc2ccoc2c(OC)c1OC1OC(CO)C2(O)CC3C=CC=CC3(C(CO)CO)C1(O)C2O. The Kier molecular flexibility index (Phi) is 8.42. The molecule has 12 heteroatoms. The first-order chi connectivity index (χ1) is 20.2. The maximum atomic E-state index is 12.7. The molecule has 2 aliphatic carbocycles. The monoisotopic (exact) mass is 590 g/mol. The van der Waals surface area contributed by atoms with E-state index >= 15 is 0 Å². The van der Waals surface area contributed by atoms with E-state index in [1.165, 1.54) is 13.4 Å². The standard InChI is InChI=1S/C30H38O12/c1-3-39-22(34)8-7-17-12-18-9-11-40-23(18)25(38-2)24(17)42-27-30(37)26(35)29(36,21(16-33)41-27)13-19-6-4-5-10-28(19,30)20(14-31)15-32/h4-6,9-12,19-21,26-27,31-33,35-37H,3,7-8,13-16H2,1-2H3. The van der Waals surface area contributed by atoms with Gasteiger partial charge in [-0.05, 0) is 43.4 Å². The Bertz CT molecular complexity index is 1350. The molecule has 1 saturated heterocycles. The number of furan rings is 1. The average molecular weight is 591 g/mol. The molecule has 42 heavy (non-hydrogen) atoms. The Morgan fingerprint density at radius 2 is 1.93 bits per heavy atom. The molecule has 12 nitrogen and oxygen atoms in total. The quantitative estimate of drug-likeness (QED) is 0.200. The zero-order valence-electron chi connectivity index (χ0n) is 23.5. The minimum Gasteiger partial charge on any atom is -0.490 e. The number of fused-ring (bicyclic) bond motifs is 5. The van der Waals surface area contributed by atoms with Crippen molar-refractivity contribution >= 4 is 16.9 Å². The Hall–Kier alpha value is -2.97. The van der Waals surface area contributed by atoms with E-state index in [2.05, 4.69) is 0 Å². The zero-order valence-corrected chi connectivity index (χ0v) is 23.5. The molecule has 1 saturated carbocycles. The lowest BCUT2D eigenvalue weighted by atomic mass is 9.45. The average Bonchev–Trinajstić information content (AvgIpc) is 3.45. The summed E-state index contributed by atoms with van der Waals surface area (Å²) in [6.45, 7) is 0.0613. The normalized spacial score (nSPS) is 33.5. The van der Waals surface area contributed by atoms with Crippen LogP contribution in [0.2, 0.25) is 0 Å². The summed E-state index contributed by atoms with van der Waals surface area (Å²) in [6.07, 6.45) is 2.99. The van der Waals surface area contributed by atoms with Gasteiger partial charge in [0.1, 0.15) is 17.8 Å². The summed E-state index contributed by atoms with van der Waals surface area (Å²) < 4.78 is 28.9. The number of carbonyl (C=O) groups is 1. The summed E-state index contributed by atoms with van der Waals surface area (Å²) in [5.41, 5.74) is -5.38. The van der Waals surface area contributed by atoms with Gasteiger partial charge in [-0.3, -0.25) is 4.79 Å². The number of carbonyl (C=O) groups excluding carboxylic acids is 1. The van der Waals surface area contributed by atoms with E-state index in [-0.39, 0.29) is 37.4 Å². The van der Waals surface area contributed by atoms with Gasteiger partial charge in [-0.25, -0.2) is 0 Å². The molecule has 2 bridgehead atoms. The predicted octanol–water partition coefficient (Wildman–Crippen LogP) is 0.589. The van der Waals surface area contributed by atoms with Crippen LogP contribution in [0, 0.1) is 17.3 Å². The fourth-order valence-electron chi connectivity index (χ4n) is 7.10. The van der Waals surface area contributed by atoms with E-state index in [9.17, 15) is 35.4 Å². The number of allylic oxidation sites excluding steroid dienone is 3. The molecule has 6 N–H and O–H groups in total. The lowest BCUT2D eigenvalue weighted by molar-refractivity contribution is -0.404. The first-order valence-electron chi connectivity index (χ1n) is 14.0. The van der Waals surface area contributed by atoms with Crippen LogP contribution in [-0.4, -0.2) is 99.8 Å². The Labute approximate surface area is 242 Å². The molecule has 7 atom stereocenters. The van der Waals surface area contributed by atoms with Gasteiger partial charge in [0.25, 0.3) is 0 Å². The van der Waals surface area contributed by atoms with Crippen LogP contribution in [0.5, 0.6) is 11.5 Å². The van der Waals surface area contributed by atoms with Crippen LogP contribution in [0.15, 0.2) is 47.1 Å². The van der Waals surface area contributed by atoms with Crippen LogP contribution in [-0.2, 0) is 20.7 Å². The number of hydrogen-bond acceptors (Lipinski definition) is 12. The number of esters is 1. The molecule has 1 aromatic heterocycles. The molecule has 2 heterocycles. The first kappa shape index (κ1) is 30.5. The number of methoxy groups -OCH3 is 1. The lowest BCUT2D eigenvalue weighted by Gasteiger charge is -2.67. The molecule has 1 aromatic carbocycles. The number of aliphatic hydroxyl groups excluding tert-OH is 4. The first-order valence-corrected chi connectivity index (χ1v) is 14.0. The molecule has 0 radical (unpaired) electrons. The van der Waals surface area contributed by atoms with Crippen molar-refractivity contribution in [2.75, 3.05) is 33.5 Å². The van der Waals surface area contributed by atoms with Crippen molar-refractivity contribution in [3.8, 4) is 11.5 Å². The van der Waals surface area contributed by atoms with Crippen LogP contribution in [0.1, 0.15) is 25.3 Å². The summed E-state index contributed by atoms with van der Waals surface area (Å²) >= 11 is 0. The Morgan fingerprint density at radius 3 is 2.60 bits per heavy atom. The summed E-state index contributed by atoms with van der Waals surface area (Å²) in [7, 11) is 1.39. The Morgan fingerprint density at radius 1 is 1.17 bits per heavy atom. The topological polar surface area (TPSA) is 189 Å². The molecular formula is C30H38O12. The van der Waals surface area contributed by atoms with Gasteiger partial charge >= 0.3 is 5.97 Å². The number of aryl methyl sites for hydroxylation is 1. The van der Waals surface area contributed by atoms with Crippen molar-refractivity contribution in [1.29, 1.82) is 0 Å². The van der Waals surface area contributed by atoms with E-state index in [1.807, 2.05) is 0 Å². The minimum atomic E-state index is -2.48. The summed E-state index contributed by atoms with van der Waals surface area (Å²) in [6, 6.07) is 3.44. The molecule has 5 rings (SSSR count). The highest BCUT2D eigenvalue weighted by Crippen LogP contribution is 2.63. The van der Waals surface area contributed by atoms with Gasteiger partial charge in [0, 0.05) is 36.4 Å². The third-order valence-corrected chi connectivity index (χ3v) is 9.12. The van der Waals surface area contributed by atoms with Crippen LogP contribution >= 0.6 is 0 Å². The fraction of sp³-hybridized carbons (Fsp3) is 0.567. The van der Waals surface area contributed by atoms with E-state index in [0.717, 1.165) is 0 Å². The summed E-state index contributed by atoms with van der Waals surface area (Å²) in [5, 5.41) is 67.8. The van der Waals surface area contributed by atoms with E-state index in [1.54, 1.807) is 43.4 Å². The molecular weight excluding hydrogens is 552 g/mol. The predicted molar refractivity (Wildman–Crippen MR) is 146 cm³/mol. The third-order valence-electron chi connectivity index (χ3n) is 9.12. The smallest absolute Gasteiger partial charge is 0.306 e. The number of aliphatic hydroxyl groups is 6. The van der Waals surface area contributed by atoms with Crippen molar-refractivity contribution in [2.45, 2.75) is 55.9 Å². The van der Waals surface area contributed by atoms with E-state index in [4.69, 9.17) is 23.4 Å². The van der Waals surface area contributed by atoms with Crippen molar-refractivity contribution in [3.05, 3.63) is 48.3 Å². The number of benzene rings is 1. The molecule has 7 unspecified atom stereocenters. The third kappa shape index (κ3) is 4.36. The van der Waals surface area contributed by atoms with Gasteiger partial charge < -0.3 is 54.0 Å². The number of rotatable bonds is 11. The maximum Gasteiger partial charge on any atom is 0.306 e. The van der Waals surface area contributed by atoms with Gasteiger partial charge in [0.15, 0.2) is 16.9 Å². The van der Waals surface area contributed by atoms with Crippen LogP contribution in [0.4, 0.5) is 0 Å². The van der Waals surface area contributed by atoms with Gasteiger partial charge in [0.05, 0.1) is 26.6 Å². The highest BCUT2D eigenvalue weighted by molar-refractivity contribution is 5.87.